The summed E-state index contributed by atoms with van der Waals surface area (Å²) in [7, 11) is -6.25. The summed E-state index contributed by atoms with van der Waals surface area (Å²) in [5.41, 5.74) is 0. The van der Waals surface area contributed by atoms with E-state index < -0.39 is 16.5 Å². The molecule has 0 aliphatic carbocycles. The molecule has 0 aliphatic rings. The fourth-order valence-electron chi connectivity index (χ4n) is 7.66. The van der Waals surface area contributed by atoms with Crippen molar-refractivity contribution < 1.29 is 10.2 Å². The molecular weight excluding hydrogens is 633 g/mol. The Labute approximate surface area is 291 Å². The second kappa shape index (κ2) is 14.4. The maximum Gasteiger partial charge on any atom is 0.219 e. The van der Waals surface area contributed by atoms with Crippen LogP contribution in [0.4, 0.5) is 0 Å². The van der Waals surface area contributed by atoms with Crippen molar-refractivity contribution in [1.29, 1.82) is 0 Å². The molecule has 4 nitrogen and oxygen atoms in total. The van der Waals surface area contributed by atoms with Gasteiger partial charge in [0.1, 0.15) is 0 Å². The molecule has 49 heavy (non-hydrogen) atoms. The maximum absolute atomic E-state index is 10.7. The first-order valence-corrected chi connectivity index (χ1v) is 20.7. The summed E-state index contributed by atoms with van der Waals surface area (Å²) in [6, 6.07) is 69.7. The van der Waals surface area contributed by atoms with Crippen molar-refractivity contribution in [3.8, 4) is 11.8 Å². The summed E-state index contributed by atoms with van der Waals surface area (Å²) in [5.74, 6) is 0.138. The van der Waals surface area contributed by atoms with Crippen LogP contribution in [0.1, 0.15) is 6.42 Å². The SMILES string of the molecule is Oc1ccc(O)n1CCCN([Si](c1ccccc1)(c1ccccc1)c1ccccc1)[Si](c1ccccc1)(c1ccccc1)c1ccccc1. The lowest BCUT2D eigenvalue weighted by Crippen LogP contribution is -2.90. The van der Waals surface area contributed by atoms with Crippen molar-refractivity contribution in [2.75, 3.05) is 6.54 Å². The summed E-state index contributed by atoms with van der Waals surface area (Å²) in [6.45, 7) is 1.17. The minimum absolute atomic E-state index is 0.0689. The van der Waals surface area contributed by atoms with Gasteiger partial charge in [0.15, 0.2) is 11.8 Å². The van der Waals surface area contributed by atoms with Gasteiger partial charge >= 0.3 is 0 Å². The van der Waals surface area contributed by atoms with Gasteiger partial charge in [-0.25, -0.2) is 0 Å². The summed E-state index contributed by atoms with van der Waals surface area (Å²) in [6.07, 6.45) is 0.693. The molecule has 7 rings (SSSR count). The Kier molecular flexibility index (Phi) is 9.43. The summed E-state index contributed by atoms with van der Waals surface area (Å²) < 4.78 is 4.54. The highest BCUT2D eigenvalue weighted by atomic mass is 28.4. The first-order chi connectivity index (χ1) is 24.2. The predicted molar refractivity (Wildman–Crippen MR) is 207 cm³/mol. The highest BCUT2D eigenvalue weighted by Gasteiger charge is 2.57. The molecular formula is C43H40N2O2Si2. The van der Waals surface area contributed by atoms with E-state index in [1.54, 1.807) is 16.7 Å². The quantitative estimate of drug-likeness (QED) is 0.143. The average molecular weight is 673 g/mol. The standard InChI is InChI=1S/C43H40N2O2Si2/c46-42-32-33-43(47)44(42)34-19-35-45(48(36-20-7-1-8-21-36,37-22-9-2-10-23-37)38-24-11-3-12-25-38)49(39-26-13-4-14-27-39,40-28-15-5-16-29-40)41-30-17-6-18-31-41/h1-18,20-33,46-47H,19,34-35H2. The predicted octanol–water partition coefficient (Wildman–Crippen LogP) is 4.93. The van der Waals surface area contributed by atoms with Crippen LogP contribution in [-0.2, 0) is 6.54 Å². The van der Waals surface area contributed by atoms with Gasteiger partial charge in [-0.15, -0.1) is 0 Å². The zero-order chi connectivity index (χ0) is 33.5. The van der Waals surface area contributed by atoms with Crippen LogP contribution in [0, 0.1) is 0 Å². The topological polar surface area (TPSA) is 48.6 Å². The number of rotatable bonds is 12. The van der Waals surface area contributed by atoms with E-state index >= 15 is 0 Å². The Bertz CT molecular complexity index is 1720. The van der Waals surface area contributed by atoms with Gasteiger partial charge in [0, 0.05) is 18.7 Å². The third kappa shape index (κ3) is 5.84. The van der Waals surface area contributed by atoms with Crippen molar-refractivity contribution >= 4 is 47.6 Å². The molecule has 6 aromatic carbocycles. The Hall–Kier alpha value is -5.41. The number of aromatic nitrogens is 1. The Morgan fingerprint density at radius 1 is 0.367 bits per heavy atom. The van der Waals surface area contributed by atoms with Crippen molar-refractivity contribution in [1.82, 2.24) is 8.80 Å². The van der Waals surface area contributed by atoms with E-state index in [4.69, 9.17) is 0 Å². The van der Waals surface area contributed by atoms with E-state index in [0.717, 1.165) is 0 Å². The van der Waals surface area contributed by atoms with Crippen molar-refractivity contribution in [3.05, 3.63) is 194 Å². The lowest BCUT2D eigenvalue weighted by atomic mass is 10.3. The molecule has 0 fully saturated rings. The molecule has 1 aromatic heterocycles. The smallest absolute Gasteiger partial charge is 0.219 e. The molecule has 0 saturated carbocycles. The largest absolute Gasteiger partial charge is 0.494 e. The number of hydrogen-bond acceptors (Lipinski definition) is 3. The Balaban J connectivity index is 1.64. The lowest BCUT2D eigenvalue weighted by molar-refractivity contribution is 0.361. The van der Waals surface area contributed by atoms with Gasteiger partial charge < -0.3 is 14.4 Å². The van der Waals surface area contributed by atoms with Gasteiger partial charge in [0.05, 0.1) is 0 Å². The van der Waals surface area contributed by atoms with Crippen LogP contribution in [0.25, 0.3) is 0 Å². The number of hydrogen-bond donors (Lipinski definition) is 2. The van der Waals surface area contributed by atoms with Crippen LogP contribution < -0.4 is 31.1 Å². The van der Waals surface area contributed by atoms with Crippen molar-refractivity contribution in [3.63, 3.8) is 0 Å². The van der Waals surface area contributed by atoms with Crippen LogP contribution in [0.15, 0.2) is 194 Å². The van der Waals surface area contributed by atoms with Gasteiger partial charge in [0.25, 0.3) is 0 Å². The van der Waals surface area contributed by atoms with Gasteiger partial charge in [-0.2, -0.15) is 0 Å². The molecule has 242 valence electrons. The molecule has 0 bridgehead atoms. The van der Waals surface area contributed by atoms with Crippen LogP contribution in [-0.4, -0.2) is 42.0 Å². The highest BCUT2D eigenvalue weighted by molar-refractivity contribution is 7.22. The second-order valence-electron chi connectivity index (χ2n) is 12.3. The molecule has 0 saturated heterocycles. The normalized spacial score (nSPS) is 11.9. The minimum atomic E-state index is -3.13. The Morgan fingerprint density at radius 2 is 0.612 bits per heavy atom. The van der Waals surface area contributed by atoms with Crippen LogP contribution in [0.3, 0.4) is 0 Å². The monoisotopic (exact) mass is 672 g/mol. The van der Waals surface area contributed by atoms with E-state index in [9.17, 15) is 10.2 Å². The minimum Gasteiger partial charge on any atom is -0.494 e. The molecule has 0 aliphatic heterocycles. The van der Waals surface area contributed by atoms with Gasteiger partial charge in [-0.3, -0.25) is 4.57 Å². The highest BCUT2D eigenvalue weighted by Crippen LogP contribution is 2.26. The fourth-order valence-corrected chi connectivity index (χ4v) is 20.9. The molecule has 0 unspecified atom stereocenters. The molecule has 1 heterocycles. The summed E-state index contributed by atoms with van der Waals surface area (Å²) in [4.78, 5) is 0. The zero-order valence-corrected chi connectivity index (χ0v) is 29.4. The molecule has 0 atom stereocenters. The van der Waals surface area contributed by atoms with Crippen molar-refractivity contribution in [2.45, 2.75) is 13.0 Å². The van der Waals surface area contributed by atoms with E-state index in [-0.39, 0.29) is 11.8 Å². The van der Waals surface area contributed by atoms with E-state index in [2.05, 4.69) is 186 Å². The Morgan fingerprint density at radius 3 is 0.857 bits per heavy atom. The first kappa shape index (κ1) is 32.2. The summed E-state index contributed by atoms with van der Waals surface area (Å²) >= 11 is 0. The van der Waals surface area contributed by atoms with Crippen LogP contribution in [0.5, 0.6) is 11.8 Å². The van der Waals surface area contributed by atoms with E-state index in [1.165, 1.54) is 31.1 Å². The van der Waals surface area contributed by atoms with Gasteiger partial charge in [-0.05, 0) is 44.1 Å². The first-order valence-electron chi connectivity index (χ1n) is 16.8. The summed E-state index contributed by atoms with van der Waals surface area (Å²) in [5, 5.41) is 29.2. The third-order valence-electron chi connectivity index (χ3n) is 9.66. The molecule has 6 heteroatoms. The number of benzene rings is 6. The molecule has 2 N–H and O–H groups in total. The number of nitrogens with zero attached hydrogens (tertiary/aromatic N) is 2. The third-order valence-corrected chi connectivity index (χ3v) is 20.7. The zero-order valence-electron chi connectivity index (χ0n) is 27.4. The van der Waals surface area contributed by atoms with Gasteiger partial charge in [0.2, 0.25) is 16.5 Å². The van der Waals surface area contributed by atoms with Crippen LogP contribution in [0.2, 0.25) is 0 Å². The lowest BCUT2D eigenvalue weighted by Gasteiger charge is -2.54. The number of aromatic hydroxyl groups is 2. The average Bonchev–Trinajstić information content (AvgIpc) is 3.50. The van der Waals surface area contributed by atoms with E-state index in [1.807, 2.05) is 0 Å². The fraction of sp³-hybridized carbons (Fsp3) is 0.0698. The molecule has 0 spiro atoms. The molecule has 7 aromatic rings. The maximum atomic E-state index is 10.7. The van der Waals surface area contributed by atoms with E-state index in [0.29, 0.717) is 19.5 Å². The van der Waals surface area contributed by atoms with Gasteiger partial charge in [-0.1, -0.05) is 182 Å². The van der Waals surface area contributed by atoms with Crippen molar-refractivity contribution in [2.24, 2.45) is 0 Å². The second-order valence-corrected chi connectivity index (χ2v) is 20.2. The molecule has 0 radical (unpaired) electrons. The van der Waals surface area contributed by atoms with Crippen LogP contribution >= 0.6 is 0 Å². The molecule has 0 amide bonds.